The molecule has 0 saturated carbocycles. The highest BCUT2D eigenvalue weighted by Gasteiger charge is 2.51. The van der Waals surface area contributed by atoms with Crippen LogP contribution in [0.15, 0.2) is 65.8 Å². The van der Waals surface area contributed by atoms with Crippen molar-refractivity contribution in [2.75, 3.05) is 0 Å². The highest BCUT2D eigenvalue weighted by atomic mass is 32.2. The van der Waals surface area contributed by atoms with Gasteiger partial charge in [-0.05, 0) is 12.0 Å². The first-order valence-corrected chi connectivity index (χ1v) is 9.58. The van der Waals surface area contributed by atoms with Crippen LogP contribution >= 0.6 is 0 Å². The van der Waals surface area contributed by atoms with Crippen LogP contribution in [0.3, 0.4) is 0 Å². The van der Waals surface area contributed by atoms with Gasteiger partial charge in [-0.1, -0.05) is 60.7 Å². The number of halogens is 2. The maximum Gasteiger partial charge on any atom is 0.378 e. The Morgan fingerprint density at radius 3 is 2.27 bits per heavy atom. The number of benzene rings is 2. The van der Waals surface area contributed by atoms with Crippen LogP contribution in [0.25, 0.3) is 0 Å². The van der Waals surface area contributed by atoms with Gasteiger partial charge < -0.3 is 0 Å². The molecular weight excluding hydrogens is 360 g/mol. The van der Waals surface area contributed by atoms with E-state index >= 15 is 0 Å². The molecule has 26 heavy (non-hydrogen) atoms. The number of hydrogen-bond acceptors (Lipinski definition) is 4. The summed E-state index contributed by atoms with van der Waals surface area (Å²) in [6.45, 7) is 0. The van der Waals surface area contributed by atoms with Crippen molar-refractivity contribution >= 4 is 9.84 Å². The average molecular weight is 375 g/mol. The number of alkyl halides is 2. The lowest BCUT2D eigenvalue weighted by atomic mass is 10.1. The van der Waals surface area contributed by atoms with E-state index in [1.54, 1.807) is 6.07 Å². The van der Waals surface area contributed by atoms with Crippen molar-refractivity contribution in [3.8, 4) is 0 Å². The Labute approximate surface area is 149 Å². The van der Waals surface area contributed by atoms with Gasteiger partial charge >= 0.3 is 5.25 Å². The van der Waals surface area contributed by atoms with Crippen molar-refractivity contribution in [2.45, 2.75) is 29.3 Å². The van der Waals surface area contributed by atoms with Crippen LogP contribution < -0.4 is 0 Å². The Bertz CT molecular complexity index is 1030. The predicted molar refractivity (Wildman–Crippen MR) is 90.4 cm³/mol. The summed E-state index contributed by atoms with van der Waals surface area (Å²) < 4.78 is 55.7. The summed E-state index contributed by atoms with van der Waals surface area (Å²) in [5.41, 5.74) is 0.337. The minimum atomic E-state index is -5.05. The SMILES string of the molecule is O=S(=O)(c1nc2n(n1)C(c1ccccc1)CC2)C(F)(F)c1ccccc1. The quantitative estimate of drug-likeness (QED) is 0.702. The molecule has 0 spiro atoms. The monoisotopic (exact) mass is 375 g/mol. The molecule has 2 heterocycles. The molecule has 1 unspecified atom stereocenters. The van der Waals surface area contributed by atoms with E-state index in [2.05, 4.69) is 10.1 Å². The third kappa shape index (κ3) is 2.52. The Kier molecular flexibility index (Phi) is 3.87. The predicted octanol–water partition coefficient (Wildman–Crippen LogP) is 3.34. The first-order valence-electron chi connectivity index (χ1n) is 8.09. The summed E-state index contributed by atoms with van der Waals surface area (Å²) in [4.78, 5) is 3.91. The van der Waals surface area contributed by atoms with Crippen LogP contribution in [0.4, 0.5) is 8.78 Å². The number of sulfone groups is 1. The number of fused-ring (bicyclic) bond motifs is 1. The van der Waals surface area contributed by atoms with E-state index in [9.17, 15) is 17.2 Å². The van der Waals surface area contributed by atoms with Gasteiger partial charge in [-0.15, -0.1) is 5.10 Å². The van der Waals surface area contributed by atoms with Gasteiger partial charge in [-0.2, -0.15) is 8.78 Å². The van der Waals surface area contributed by atoms with Crippen molar-refractivity contribution in [1.82, 2.24) is 14.8 Å². The van der Waals surface area contributed by atoms with E-state index < -0.39 is 25.8 Å². The lowest BCUT2D eigenvalue weighted by Gasteiger charge is -2.15. The second-order valence-electron chi connectivity index (χ2n) is 6.11. The van der Waals surface area contributed by atoms with Gasteiger partial charge in [0.05, 0.1) is 6.04 Å². The summed E-state index contributed by atoms with van der Waals surface area (Å²) in [6, 6.07) is 15.6. The topological polar surface area (TPSA) is 64.8 Å². The smallest absolute Gasteiger partial charge is 0.241 e. The molecule has 1 aliphatic heterocycles. The Balaban J connectivity index is 1.74. The van der Waals surface area contributed by atoms with Crippen LogP contribution in [0.2, 0.25) is 0 Å². The van der Waals surface area contributed by atoms with Crippen molar-refractivity contribution in [2.24, 2.45) is 0 Å². The van der Waals surface area contributed by atoms with Crippen LogP contribution in [-0.4, -0.2) is 23.2 Å². The maximum absolute atomic E-state index is 14.6. The van der Waals surface area contributed by atoms with E-state index in [1.165, 1.54) is 16.8 Å². The van der Waals surface area contributed by atoms with Gasteiger partial charge in [0.15, 0.2) is 0 Å². The summed E-state index contributed by atoms with van der Waals surface area (Å²) in [5, 5.41) is -0.980. The summed E-state index contributed by atoms with van der Waals surface area (Å²) >= 11 is 0. The molecule has 0 aliphatic carbocycles. The average Bonchev–Trinajstić information content (AvgIpc) is 3.24. The van der Waals surface area contributed by atoms with Crippen molar-refractivity contribution in [1.29, 1.82) is 0 Å². The molecule has 0 saturated heterocycles. The van der Waals surface area contributed by atoms with Gasteiger partial charge in [0.25, 0.3) is 15.0 Å². The van der Waals surface area contributed by atoms with E-state index in [0.29, 0.717) is 18.7 Å². The fourth-order valence-electron chi connectivity index (χ4n) is 3.14. The van der Waals surface area contributed by atoms with E-state index in [4.69, 9.17) is 0 Å². The molecule has 0 fully saturated rings. The first-order chi connectivity index (χ1) is 12.4. The zero-order valence-electron chi connectivity index (χ0n) is 13.6. The molecule has 1 aromatic heterocycles. The highest BCUT2D eigenvalue weighted by molar-refractivity contribution is 7.91. The number of nitrogens with zero attached hydrogens (tertiary/aromatic N) is 3. The second-order valence-corrected chi connectivity index (χ2v) is 7.99. The zero-order chi connectivity index (χ0) is 18.4. The minimum Gasteiger partial charge on any atom is -0.241 e. The molecule has 1 aliphatic rings. The molecule has 1 atom stereocenters. The van der Waals surface area contributed by atoms with Gasteiger partial charge in [-0.25, -0.2) is 18.1 Å². The minimum absolute atomic E-state index is 0.201. The number of rotatable bonds is 4. The van der Waals surface area contributed by atoms with Crippen molar-refractivity contribution in [3.05, 3.63) is 77.6 Å². The van der Waals surface area contributed by atoms with Crippen LogP contribution in [-0.2, 0) is 21.5 Å². The summed E-state index contributed by atoms with van der Waals surface area (Å²) in [7, 11) is -5.05. The normalized spacial score (nSPS) is 17.2. The number of aromatic nitrogens is 3. The molecular formula is C18H15F2N3O2S. The van der Waals surface area contributed by atoms with Crippen molar-refractivity contribution < 1.29 is 17.2 Å². The molecule has 134 valence electrons. The molecule has 0 radical (unpaired) electrons. The fourth-order valence-corrected chi connectivity index (χ4v) is 4.24. The molecule has 3 aromatic rings. The third-order valence-electron chi connectivity index (χ3n) is 4.49. The maximum atomic E-state index is 14.6. The lowest BCUT2D eigenvalue weighted by molar-refractivity contribution is 0.0898. The molecule has 5 nitrogen and oxygen atoms in total. The van der Waals surface area contributed by atoms with E-state index in [0.717, 1.165) is 17.7 Å². The summed E-state index contributed by atoms with van der Waals surface area (Å²) in [5.74, 6) is 0.404. The first kappa shape index (κ1) is 16.8. The van der Waals surface area contributed by atoms with E-state index in [-0.39, 0.29) is 6.04 Å². The largest absolute Gasteiger partial charge is 0.378 e. The number of aryl methyl sites for hydroxylation is 1. The van der Waals surface area contributed by atoms with Crippen LogP contribution in [0.5, 0.6) is 0 Å². The molecule has 0 N–H and O–H groups in total. The zero-order valence-corrected chi connectivity index (χ0v) is 14.4. The Morgan fingerprint density at radius 1 is 1.00 bits per heavy atom. The van der Waals surface area contributed by atoms with Crippen LogP contribution in [0, 0.1) is 0 Å². The van der Waals surface area contributed by atoms with Gasteiger partial charge in [0.1, 0.15) is 5.82 Å². The molecule has 0 amide bonds. The molecule has 4 rings (SSSR count). The Hall–Kier alpha value is -2.61. The highest BCUT2D eigenvalue weighted by Crippen LogP contribution is 2.39. The van der Waals surface area contributed by atoms with Gasteiger partial charge in [0.2, 0.25) is 0 Å². The van der Waals surface area contributed by atoms with Crippen molar-refractivity contribution in [3.63, 3.8) is 0 Å². The van der Waals surface area contributed by atoms with Gasteiger partial charge in [-0.3, -0.25) is 0 Å². The fraction of sp³-hybridized carbons (Fsp3) is 0.222. The third-order valence-corrected chi connectivity index (χ3v) is 6.06. The molecule has 2 aromatic carbocycles. The molecule has 0 bridgehead atoms. The summed E-state index contributed by atoms with van der Waals surface area (Å²) in [6.07, 6.45) is 1.19. The van der Waals surface area contributed by atoms with E-state index in [1.807, 2.05) is 30.3 Å². The Morgan fingerprint density at radius 2 is 1.62 bits per heavy atom. The van der Waals surface area contributed by atoms with Gasteiger partial charge in [0, 0.05) is 12.0 Å². The molecule has 8 heteroatoms. The number of hydrogen-bond donors (Lipinski definition) is 0. The lowest BCUT2D eigenvalue weighted by Crippen LogP contribution is -2.27. The standard InChI is InChI=1S/C18H15F2N3O2S/c19-18(20,14-9-5-2-6-10-14)26(24,25)17-21-16-12-11-15(23(16)22-17)13-7-3-1-4-8-13/h1-10,15H,11-12H2. The second kappa shape index (κ2) is 5.98. The van der Waals surface area contributed by atoms with Crippen LogP contribution in [0.1, 0.15) is 29.4 Å².